The predicted molar refractivity (Wildman–Crippen MR) is 99.4 cm³/mol. The first-order chi connectivity index (χ1) is 11.1. The summed E-state index contributed by atoms with van der Waals surface area (Å²) in [4.78, 5) is 2.36. The standard InChI is InChI=1S/C19H19BrClNO/c1-2-9-22-11-16(14-5-3-4-6-18(14)20)17(12-22)15-10-13(21)7-8-19(15)23/h2-8,10,16-17,23H,1,9,11-12H2/t16-,17?/m1/s1. The first-order valence-electron chi connectivity index (χ1n) is 7.66. The Morgan fingerprint density at radius 3 is 2.57 bits per heavy atom. The molecule has 0 spiro atoms. The van der Waals surface area contributed by atoms with Crippen molar-refractivity contribution >= 4 is 27.5 Å². The molecule has 1 aliphatic rings. The molecular weight excluding hydrogens is 374 g/mol. The molecule has 0 saturated carbocycles. The van der Waals surface area contributed by atoms with Gasteiger partial charge in [0.1, 0.15) is 5.75 Å². The number of phenols is 1. The molecule has 120 valence electrons. The lowest BCUT2D eigenvalue weighted by Gasteiger charge is -2.21. The van der Waals surface area contributed by atoms with E-state index in [4.69, 9.17) is 11.6 Å². The summed E-state index contributed by atoms with van der Waals surface area (Å²) in [6, 6.07) is 13.6. The van der Waals surface area contributed by atoms with E-state index >= 15 is 0 Å². The summed E-state index contributed by atoms with van der Waals surface area (Å²) in [7, 11) is 0. The number of hydrogen-bond acceptors (Lipinski definition) is 2. The minimum Gasteiger partial charge on any atom is -0.508 e. The Kier molecular flexibility index (Phi) is 5.10. The number of nitrogens with zero attached hydrogens (tertiary/aromatic N) is 1. The molecule has 1 saturated heterocycles. The Bertz CT molecular complexity index is 718. The minimum atomic E-state index is 0.201. The zero-order chi connectivity index (χ0) is 16.4. The Hall–Kier alpha value is -1.29. The van der Waals surface area contributed by atoms with Crippen molar-refractivity contribution in [1.82, 2.24) is 4.90 Å². The third-order valence-electron chi connectivity index (χ3n) is 4.48. The smallest absolute Gasteiger partial charge is 0.119 e. The van der Waals surface area contributed by atoms with Crippen LogP contribution in [0.25, 0.3) is 0 Å². The number of phenolic OH excluding ortho intramolecular Hbond substituents is 1. The number of benzene rings is 2. The molecule has 23 heavy (non-hydrogen) atoms. The summed E-state index contributed by atoms with van der Waals surface area (Å²) in [5, 5.41) is 11.0. The third-order valence-corrected chi connectivity index (χ3v) is 5.43. The van der Waals surface area contributed by atoms with Gasteiger partial charge in [0.05, 0.1) is 0 Å². The van der Waals surface area contributed by atoms with Crippen molar-refractivity contribution in [3.8, 4) is 5.75 Å². The summed E-state index contributed by atoms with van der Waals surface area (Å²) in [5.41, 5.74) is 2.19. The number of aromatic hydroxyl groups is 1. The van der Waals surface area contributed by atoms with Crippen LogP contribution in [-0.4, -0.2) is 29.6 Å². The molecule has 1 fully saturated rings. The maximum atomic E-state index is 10.3. The normalized spacial score (nSPS) is 21.5. The first kappa shape index (κ1) is 16.6. The Labute approximate surface area is 150 Å². The van der Waals surface area contributed by atoms with Crippen LogP contribution in [0.4, 0.5) is 0 Å². The Morgan fingerprint density at radius 2 is 1.87 bits per heavy atom. The van der Waals surface area contributed by atoms with Gasteiger partial charge in [-0.25, -0.2) is 0 Å². The Morgan fingerprint density at radius 1 is 1.17 bits per heavy atom. The summed E-state index contributed by atoms with van der Waals surface area (Å²) >= 11 is 9.84. The van der Waals surface area contributed by atoms with Crippen LogP contribution in [0.1, 0.15) is 23.0 Å². The fraction of sp³-hybridized carbons (Fsp3) is 0.263. The average Bonchev–Trinajstić information content (AvgIpc) is 2.94. The van der Waals surface area contributed by atoms with Gasteiger partial charge < -0.3 is 5.11 Å². The van der Waals surface area contributed by atoms with E-state index in [9.17, 15) is 5.11 Å². The number of hydrogen-bond donors (Lipinski definition) is 1. The van der Waals surface area contributed by atoms with Crippen molar-refractivity contribution < 1.29 is 5.11 Å². The molecular formula is C19H19BrClNO. The maximum absolute atomic E-state index is 10.3. The van der Waals surface area contributed by atoms with E-state index in [1.54, 1.807) is 12.1 Å². The minimum absolute atomic E-state index is 0.201. The number of likely N-dealkylation sites (tertiary alicyclic amines) is 1. The number of rotatable bonds is 4. The van der Waals surface area contributed by atoms with Crippen LogP contribution in [0, 0.1) is 0 Å². The second-order valence-electron chi connectivity index (χ2n) is 5.94. The van der Waals surface area contributed by atoms with E-state index in [1.165, 1.54) is 5.56 Å². The molecule has 0 radical (unpaired) electrons. The molecule has 0 amide bonds. The number of halogens is 2. The monoisotopic (exact) mass is 391 g/mol. The highest BCUT2D eigenvalue weighted by atomic mass is 79.9. The van der Waals surface area contributed by atoms with E-state index in [2.05, 4.69) is 45.6 Å². The van der Waals surface area contributed by atoms with Gasteiger partial charge in [-0.05, 0) is 29.8 Å². The van der Waals surface area contributed by atoms with E-state index < -0.39 is 0 Å². The van der Waals surface area contributed by atoms with Gasteiger partial charge in [0, 0.05) is 46.5 Å². The average molecular weight is 393 g/mol. The second kappa shape index (κ2) is 7.08. The summed E-state index contributed by atoms with van der Waals surface area (Å²) in [5.74, 6) is 0.819. The van der Waals surface area contributed by atoms with Gasteiger partial charge in [0.2, 0.25) is 0 Å². The fourth-order valence-corrected chi connectivity index (χ4v) is 4.20. The molecule has 2 aromatic carbocycles. The molecule has 0 aliphatic carbocycles. The zero-order valence-electron chi connectivity index (χ0n) is 12.8. The summed E-state index contributed by atoms with van der Waals surface area (Å²) < 4.78 is 1.11. The molecule has 2 nitrogen and oxygen atoms in total. The van der Waals surface area contributed by atoms with E-state index in [1.807, 2.05) is 18.2 Å². The van der Waals surface area contributed by atoms with E-state index in [-0.39, 0.29) is 5.92 Å². The van der Waals surface area contributed by atoms with Gasteiger partial charge in [-0.2, -0.15) is 0 Å². The van der Waals surface area contributed by atoms with Crippen LogP contribution in [0.15, 0.2) is 59.6 Å². The Balaban J connectivity index is 2.02. The molecule has 4 heteroatoms. The van der Waals surface area contributed by atoms with Gasteiger partial charge in [-0.3, -0.25) is 4.90 Å². The summed E-state index contributed by atoms with van der Waals surface area (Å²) in [6.45, 7) is 6.51. The van der Waals surface area contributed by atoms with Crippen LogP contribution >= 0.6 is 27.5 Å². The lowest BCUT2D eigenvalue weighted by atomic mass is 9.84. The van der Waals surface area contributed by atoms with Gasteiger partial charge in [-0.1, -0.05) is 51.8 Å². The van der Waals surface area contributed by atoms with Crippen molar-refractivity contribution in [3.05, 3.63) is 75.7 Å². The molecule has 1 heterocycles. The van der Waals surface area contributed by atoms with Crippen LogP contribution in [0.3, 0.4) is 0 Å². The van der Waals surface area contributed by atoms with Crippen molar-refractivity contribution in [2.45, 2.75) is 11.8 Å². The van der Waals surface area contributed by atoms with Crippen molar-refractivity contribution in [3.63, 3.8) is 0 Å². The molecule has 0 bridgehead atoms. The van der Waals surface area contributed by atoms with E-state index in [0.29, 0.717) is 16.7 Å². The fourth-order valence-electron chi connectivity index (χ4n) is 3.45. The highest BCUT2D eigenvalue weighted by Crippen LogP contribution is 2.45. The molecule has 2 aromatic rings. The highest BCUT2D eigenvalue weighted by molar-refractivity contribution is 9.10. The topological polar surface area (TPSA) is 23.5 Å². The van der Waals surface area contributed by atoms with E-state index in [0.717, 1.165) is 29.7 Å². The third kappa shape index (κ3) is 3.47. The molecule has 2 atom stereocenters. The predicted octanol–water partition coefficient (Wildman–Crippen LogP) is 5.18. The van der Waals surface area contributed by atoms with Crippen molar-refractivity contribution in [1.29, 1.82) is 0 Å². The molecule has 3 rings (SSSR count). The first-order valence-corrected chi connectivity index (χ1v) is 8.83. The zero-order valence-corrected chi connectivity index (χ0v) is 15.1. The lowest BCUT2D eigenvalue weighted by molar-refractivity contribution is 0.367. The van der Waals surface area contributed by atoms with Crippen LogP contribution < -0.4 is 0 Å². The highest BCUT2D eigenvalue weighted by Gasteiger charge is 2.36. The molecule has 0 aromatic heterocycles. The second-order valence-corrected chi connectivity index (χ2v) is 7.24. The van der Waals surface area contributed by atoms with Crippen molar-refractivity contribution in [2.24, 2.45) is 0 Å². The molecule has 1 N–H and O–H groups in total. The summed E-state index contributed by atoms with van der Waals surface area (Å²) in [6.07, 6.45) is 1.93. The van der Waals surface area contributed by atoms with Crippen molar-refractivity contribution in [2.75, 3.05) is 19.6 Å². The van der Waals surface area contributed by atoms with Gasteiger partial charge in [0.15, 0.2) is 0 Å². The SMILES string of the molecule is C=CCN1CC(c2cc(Cl)ccc2O)[C@@H](c2ccccc2Br)C1. The van der Waals surface area contributed by atoms with Gasteiger partial charge >= 0.3 is 0 Å². The molecule has 1 unspecified atom stereocenters. The quantitative estimate of drug-likeness (QED) is 0.725. The van der Waals surface area contributed by atoms with Gasteiger partial charge in [-0.15, -0.1) is 6.58 Å². The largest absolute Gasteiger partial charge is 0.508 e. The van der Waals surface area contributed by atoms with Crippen LogP contribution in [0.5, 0.6) is 5.75 Å². The van der Waals surface area contributed by atoms with Gasteiger partial charge in [0.25, 0.3) is 0 Å². The lowest BCUT2D eigenvalue weighted by Crippen LogP contribution is -2.20. The molecule has 1 aliphatic heterocycles. The van der Waals surface area contributed by atoms with Crippen LogP contribution in [0.2, 0.25) is 5.02 Å². The van der Waals surface area contributed by atoms with Crippen LogP contribution in [-0.2, 0) is 0 Å². The maximum Gasteiger partial charge on any atom is 0.119 e.